The standard InChI is InChI=1S/C15H22N2O3/c1-10(2)7-11(9-16)8-14(18)17-13-6-4-3-5-12(13)15(19)20/h3-6,10-11H,7-9,16H2,1-2H3,(H,17,18)(H,19,20). The molecule has 0 bridgehead atoms. The van der Waals surface area contributed by atoms with Crippen LogP contribution in [0.25, 0.3) is 0 Å². The summed E-state index contributed by atoms with van der Waals surface area (Å²) in [6.07, 6.45) is 1.19. The Morgan fingerprint density at radius 3 is 2.50 bits per heavy atom. The molecule has 20 heavy (non-hydrogen) atoms. The fraction of sp³-hybridized carbons (Fsp3) is 0.467. The molecule has 0 spiro atoms. The Labute approximate surface area is 119 Å². The first-order valence-electron chi connectivity index (χ1n) is 6.76. The van der Waals surface area contributed by atoms with E-state index in [-0.39, 0.29) is 17.4 Å². The molecule has 0 saturated carbocycles. The van der Waals surface area contributed by atoms with Crippen LogP contribution in [0.2, 0.25) is 0 Å². The third-order valence-corrected chi connectivity index (χ3v) is 3.04. The van der Waals surface area contributed by atoms with Crippen LogP contribution in [0.5, 0.6) is 0 Å². The van der Waals surface area contributed by atoms with Crippen LogP contribution < -0.4 is 11.1 Å². The molecule has 110 valence electrons. The van der Waals surface area contributed by atoms with Gasteiger partial charge in [-0.3, -0.25) is 4.79 Å². The molecule has 0 heterocycles. The third-order valence-electron chi connectivity index (χ3n) is 3.04. The Morgan fingerprint density at radius 2 is 1.95 bits per heavy atom. The molecule has 4 N–H and O–H groups in total. The van der Waals surface area contributed by atoms with Gasteiger partial charge in [-0.2, -0.15) is 0 Å². The number of nitrogens with one attached hydrogen (secondary N) is 1. The minimum absolute atomic E-state index is 0.0917. The summed E-state index contributed by atoms with van der Waals surface area (Å²) in [5, 5.41) is 11.7. The van der Waals surface area contributed by atoms with Gasteiger partial charge in [-0.1, -0.05) is 26.0 Å². The summed E-state index contributed by atoms with van der Waals surface area (Å²) in [7, 11) is 0. The van der Waals surface area contributed by atoms with Crippen molar-refractivity contribution in [1.82, 2.24) is 0 Å². The van der Waals surface area contributed by atoms with E-state index in [0.717, 1.165) is 6.42 Å². The number of carbonyl (C=O) groups is 2. The van der Waals surface area contributed by atoms with Crippen molar-refractivity contribution in [3.05, 3.63) is 29.8 Å². The number of hydrogen-bond acceptors (Lipinski definition) is 3. The average molecular weight is 278 g/mol. The van der Waals surface area contributed by atoms with E-state index in [9.17, 15) is 9.59 Å². The van der Waals surface area contributed by atoms with Gasteiger partial charge in [0, 0.05) is 6.42 Å². The van der Waals surface area contributed by atoms with Crippen molar-refractivity contribution in [2.45, 2.75) is 26.7 Å². The molecule has 0 aliphatic rings. The van der Waals surface area contributed by atoms with Gasteiger partial charge in [0.1, 0.15) is 0 Å². The molecule has 1 unspecified atom stereocenters. The highest BCUT2D eigenvalue weighted by Gasteiger charge is 2.16. The molecule has 0 radical (unpaired) electrons. The van der Waals surface area contributed by atoms with Gasteiger partial charge in [-0.15, -0.1) is 0 Å². The molecule has 0 fully saturated rings. The van der Waals surface area contributed by atoms with Crippen molar-refractivity contribution in [1.29, 1.82) is 0 Å². The van der Waals surface area contributed by atoms with Gasteiger partial charge < -0.3 is 16.2 Å². The van der Waals surface area contributed by atoms with E-state index in [0.29, 0.717) is 24.6 Å². The van der Waals surface area contributed by atoms with E-state index in [4.69, 9.17) is 10.8 Å². The molecule has 0 aromatic heterocycles. The van der Waals surface area contributed by atoms with Crippen molar-refractivity contribution in [3.63, 3.8) is 0 Å². The number of para-hydroxylation sites is 1. The van der Waals surface area contributed by atoms with Crippen molar-refractivity contribution in [2.24, 2.45) is 17.6 Å². The van der Waals surface area contributed by atoms with Gasteiger partial charge in [0.2, 0.25) is 5.91 Å². The summed E-state index contributed by atoms with van der Waals surface area (Å²) in [6.45, 7) is 4.62. The van der Waals surface area contributed by atoms with Crippen LogP contribution in [-0.4, -0.2) is 23.5 Å². The van der Waals surface area contributed by atoms with Crippen molar-refractivity contribution in [3.8, 4) is 0 Å². The third kappa shape index (κ3) is 5.01. The number of amides is 1. The summed E-state index contributed by atoms with van der Waals surface area (Å²) < 4.78 is 0. The fourth-order valence-electron chi connectivity index (χ4n) is 2.17. The second kappa shape index (κ2) is 7.65. The number of hydrogen-bond donors (Lipinski definition) is 3. The Hall–Kier alpha value is -1.88. The molecular formula is C15H22N2O3. The van der Waals surface area contributed by atoms with E-state index in [1.165, 1.54) is 6.07 Å². The highest BCUT2D eigenvalue weighted by Crippen LogP contribution is 2.18. The predicted molar refractivity (Wildman–Crippen MR) is 78.6 cm³/mol. The first-order chi connectivity index (χ1) is 9.43. The quantitative estimate of drug-likeness (QED) is 0.713. The number of benzene rings is 1. The van der Waals surface area contributed by atoms with Crippen LogP contribution in [0.1, 0.15) is 37.0 Å². The first kappa shape index (κ1) is 16.2. The Kier molecular flexibility index (Phi) is 6.18. The molecule has 1 amide bonds. The molecule has 1 aromatic rings. The maximum atomic E-state index is 12.0. The number of carbonyl (C=O) groups excluding carboxylic acids is 1. The topological polar surface area (TPSA) is 92.4 Å². The molecule has 1 aromatic carbocycles. The lowest BCUT2D eigenvalue weighted by Crippen LogP contribution is -2.24. The summed E-state index contributed by atoms with van der Waals surface area (Å²) in [5.74, 6) is -0.664. The van der Waals surface area contributed by atoms with Crippen LogP contribution in [0.3, 0.4) is 0 Å². The highest BCUT2D eigenvalue weighted by atomic mass is 16.4. The first-order valence-corrected chi connectivity index (χ1v) is 6.76. The molecule has 5 nitrogen and oxygen atoms in total. The van der Waals surface area contributed by atoms with Gasteiger partial charge in [-0.05, 0) is 36.9 Å². The molecule has 1 atom stereocenters. The maximum absolute atomic E-state index is 12.0. The highest BCUT2D eigenvalue weighted by molar-refractivity contribution is 6.00. The smallest absolute Gasteiger partial charge is 0.337 e. The van der Waals surface area contributed by atoms with E-state index in [2.05, 4.69) is 19.2 Å². The summed E-state index contributed by atoms with van der Waals surface area (Å²) in [4.78, 5) is 23.0. The van der Waals surface area contributed by atoms with E-state index >= 15 is 0 Å². The lowest BCUT2D eigenvalue weighted by Gasteiger charge is -2.17. The average Bonchev–Trinajstić information content (AvgIpc) is 2.37. The van der Waals surface area contributed by atoms with Gasteiger partial charge in [0.15, 0.2) is 0 Å². The van der Waals surface area contributed by atoms with Crippen molar-refractivity contribution in [2.75, 3.05) is 11.9 Å². The largest absolute Gasteiger partial charge is 0.478 e. The number of anilines is 1. The molecule has 0 saturated heterocycles. The lowest BCUT2D eigenvalue weighted by molar-refractivity contribution is -0.117. The number of nitrogens with two attached hydrogens (primary N) is 1. The van der Waals surface area contributed by atoms with Crippen LogP contribution in [-0.2, 0) is 4.79 Å². The second-order valence-electron chi connectivity index (χ2n) is 5.33. The van der Waals surface area contributed by atoms with Gasteiger partial charge in [-0.25, -0.2) is 4.79 Å². The van der Waals surface area contributed by atoms with Crippen LogP contribution in [0.15, 0.2) is 24.3 Å². The zero-order valence-corrected chi connectivity index (χ0v) is 11.9. The summed E-state index contributed by atoms with van der Waals surface area (Å²) >= 11 is 0. The Bertz CT molecular complexity index is 472. The van der Waals surface area contributed by atoms with Gasteiger partial charge in [0.05, 0.1) is 11.3 Å². The number of carboxylic acid groups (broad SMARTS) is 1. The minimum Gasteiger partial charge on any atom is -0.478 e. The molecule has 0 aliphatic carbocycles. The molecule has 5 heteroatoms. The summed E-state index contributed by atoms with van der Waals surface area (Å²) in [5.41, 5.74) is 6.08. The number of carboxylic acids is 1. The van der Waals surface area contributed by atoms with Crippen molar-refractivity contribution >= 4 is 17.6 Å². The number of aromatic carboxylic acids is 1. The zero-order valence-electron chi connectivity index (χ0n) is 11.9. The Morgan fingerprint density at radius 1 is 1.30 bits per heavy atom. The molecule has 1 rings (SSSR count). The molecule has 0 aliphatic heterocycles. The fourth-order valence-corrected chi connectivity index (χ4v) is 2.17. The minimum atomic E-state index is -1.06. The number of rotatable bonds is 7. The SMILES string of the molecule is CC(C)CC(CN)CC(=O)Nc1ccccc1C(=O)O. The predicted octanol–water partition coefficient (Wildman–Crippen LogP) is 2.33. The van der Waals surface area contributed by atoms with Crippen LogP contribution in [0, 0.1) is 11.8 Å². The normalized spacial score (nSPS) is 12.2. The van der Waals surface area contributed by atoms with Gasteiger partial charge >= 0.3 is 5.97 Å². The van der Waals surface area contributed by atoms with Gasteiger partial charge in [0.25, 0.3) is 0 Å². The van der Waals surface area contributed by atoms with E-state index < -0.39 is 5.97 Å². The second-order valence-corrected chi connectivity index (χ2v) is 5.33. The van der Waals surface area contributed by atoms with Crippen LogP contribution in [0.4, 0.5) is 5.69 Å². The van der Waals surface area contributed by atoms with Crippen molar-refractivity contribution < 1.29 is 14.7 Å². The Balaban J connectivity index is 2.69. The maximum Gasteiger partial charge on any atom is 0.337 e. The zero-order chi connectivity index (χ0) is 15.1. The van der Waals surface area contributed by atoms with E-state index in [1.54, 1.807) is 18.2 Å². The van der Waals surface area contributed by atoms with Crippen LogP contribution >= 0.6 is 0 Å². The monoisotopic (exact) mass is 278 g/mol. The van der Waals surface area contributed by atoms with E-state index in [1.807, 2.05) is 0 Å². The molecular weight excluding hydrogens is 256 g/mol. The summed E-state index contributed by atoms with van der Waals surface area (Å²) in [6, 6.07) is 6.37. The lowest BCUT2D eigenvalue weighted by atomic mass is 9.94.